The molecule has 2 rings (SSSR count). The molecule has 2 aromatic rings. The van der Waals surface area contributed by atoms with Gasteiger partial charge in [0.25, 0.3) is 0 Å². The number of hydrogen-bond acceptors (Lipinski definition) is 4. The summed E-state index contributed by atoms with van der Waals surface area (Å²) in [6, 6.07) is 11.7. The van der Waals surface area contributed by atoms with E-state index >= 15 is 0 Å². The van der Waals surface area contributed by atoms with Crippen molar-refractivity contribution >= 4 is 58.0 Å². The van der Waals surface area contributed by atoms with E-state index in [0.717, 1.165) is 5.56 Å². The molecule has 0 saturated carbocycles. The molecule has 146 valence electrons. The molecule has 3 N–H and O–H groups in total. The molecule has 0 radical (unpaired) electrons. The highest BCUT2D eigenvalue weighted by Crippen LogP contribution is 2.25. The molecular weight excluding hydrogens is 403 g/mol. The van der Waals surface area contributed by atoms with E-state index in [4.69, 9.17) is 23.2 Å². The second-order valence-electron chi connectivity index (χ2n) is 5.96. The molecule has 0 saturated heterocycles. The Morgan fingerprint density at radius 3 is 2.43 bits per heavy atom. The average Bonchev–Trinajstić information content (AvgIpc) is 2.62. The Morgan fingerprint density at radius 1 is 1.00 bits per heavy atom. The number of nitrogens with zero attached hydrogens (tertiary/aromatic N) is 1. The Hall–Kier alpha value is -2.90. The van der Waals surface area contributed by atoms with Crippen molar-refractivity contribution in [3.05, 3.63) is 58.1 Å². The van der Waals surface area contributed by atoms with Gasteiger partial charge >= 0.3 is 11.8 Å². The lowest BCUT2D eigenvalue weighted by Crippen LogP contribution is -2.33. The number of carbonyl (C=O) groups is 3. The van der Waals surface area contributed by atoms with Crippen LogP contribution in [-0.4, -0.2) is 23.4 Å². The van der Waals surface area contributed by atoms with Gasteiger partial charge in [-0.2, -0.15) is 5.10 Å². The standard InChI is InChI=1S/C19H18Cl2N4O3/c1-11-4-3-5-14(8-11)22-18(27)19(28)25-24-12(2)9-17(26)23-16-7-6-13(20)10-15(16)21/h3-8,10H,9H2,1-2H3,(H,22,27)(H,23,26)(H,25,28)/b24-12+. The average molecular weight is 421 g/mol. The van der Waals surface area contributed by atoms with Gasteiger partial charge in [0.1, 0.15) is 0 Å². The minimum Gasteiger partial charge on any atom is -0.324 e. The normalized spacial score (nSPS) is 10.9. The van der Waals surface area contributed by atoms with Crippen LogP contribution >= 0.6 is 23.2 Å². The Kier molecular flexibility index (Phi) is 7.54. The maximum atomic E-state index is 12.0. The number of halogens is 2. The van der Waals surface area contributed by atoms with Crippen LogP contribution in [0.15, 0.2) is 47.6 Å². The zero-order chi connectivity index (χ0) is 20.7. The first-order chi connectivity index (χ1) is 13.2. The molecule has 0 bridgehead atoms. The van der Waals surface area contributed by atoms with Crippen LogP contribution < -0.4 is 16.1 Å². The van der Waals surface area contributed by atoms with E-state index in [9.17, 15) is 14.4 Å². The summed E-state index contributed by atoms with van der Waals surface area (Å²) >= 11 is 11.8. The molecule has 0 fully saturated rings. The predicted octanol–water partition coefficient (Wildman–Crippen LogP) is 3.76. The molecule has 0 unspecified atom stereocenters. The fourth-order valence-electron chi connectivity index (χ4n) is 2.16. The third-order valence-electron chi connectivity index (χ3n) is 3.45. The van der Waals surface area contributed by atoms with E-state index < -0.39 is 11.8 Å². The second-order valence-corrected chi connectivity index (χ2v) is 6.80. The lowest BCUT2D eigenvalue weighted by atomic mass is 10.2. The number of hydrazone groups is 1. The van der Waals surface area contributed by atoms with Crippen molar-refractivity contribution in [1.82, 2.24) is 5.43 Å². The highest BCUT2D eigenvalue weighted by molar-refractivity contribution is 6.39. The van der Waals surface area contributed by atoms with Gasteiger partial charge in [-0.3, -0.25) is 14.4 Å². The third-order valence-corrected chi connectivity index (χ3v) is 4.00. The van der Waals surface area contributed by atoms with Gasteiger partial charge in [-0.05, 0) is 49.7 Å². The topological polar surface area (TPSA) is 99.7 Å². The summed E-state index contributed by atoms with van der Waals surface area (Å²) in [6.07, 6.45) is -0.0985. The molecule has 9 heteroatoms. The lowest BCUT2D eigenvalue weighted by molar-refractivity contribution is -0.136. The number of carbonyl (C=O) groups excluding carboxylic acids is 3. The Morgan fingerprint density at radius 2 is 1.75 bits per heavy atom. The first-order valence-electron chi connectivity index (χ1n) is 8.20. The van der Waals surface area contributed by atoms with Crippen molar-refractivity contribution in [2.75, 3.05) is 10.6 Å². The molecule has 0 spiro atoms. The number of nitrogens with one attached hydrogen (secondary N) is 3. The van der Waals surface area contributed by atoms with Gasteiger partial charge in [-0.1, -0.05) is 35.3 Å². The summed E-state index contributed by atoms with van der Waals surface area (Å²) in [7, 11) is 0. The van der Waals surface area contributed by atoms with Crippen molar-refractivity contribution in [3.8, 4) is 0 Å². The van der Waals surface area contributed by atoms with Gasteiger partial charge in [-0.25, -0.2) is 5.43 Å². The summed E-state index contributed by atoms with van der Waals surface area (Å²) in [5.74, 6) is -2.19. The van der Waals surface area contributed by atoms with Gasteiger partial charge in [0.05, 0.1) is 17.1 Å². The van der Waals surface area contributed by atoms with Crippen molar-refractivity contribution < 1.29 is 14.4 Å². The van der Waals surface area contributed by atoms with E-state index in [2.05, 4.69) is 21.2 Å². The summed E-state index contributed by atoms with van der Waals surface area (Å²) in [6.45, 7) is 3.41. The van der Waals surface area contributed by atoms with Gasteiger partial charge in [0.15, 0.2) is 0 Å². The first-order valence-corrected chi connectivity index (χ1v) is 8.96. The fourth-order valence-corrected chi connectivity index (χ4v) is 2.62. The van der Waals surface area contributed by atoms with Crippen molar-refractivity contribution in [2.24, 2.45) is 5.10 Å². The number of hydrogen-bond donors (Lipinski definition) is 3. The largest absolute Gasteiger partial charge is 0.329 e. The van der Waals surface area contributed by atoms with Crippen molar-refractivity contribution in [3.63, 3.8) is 0 Å². The summed E-state index contributed by atoms with van der Waals surface area (Å²) < 4.78 is 0. The Balaban J connectivity index is 1.86. The number of rotatable bonds is 5. The van der Waals surface area contributed by atoms with E-state index in [1.165, 1.54) is 6.07 Å². The molecular formula is C19H18Cl2N4O3. The van der Waals surface area contributed by atoms with E-state index in [1.54, 1.807) is 37.3 Å². The maximum Gasteiger partial charge on any atom is 0.329 e. The number of aryl methyl sites for hydroxylation is 1. The monoisotopic (exact) mass is 420 g/mol. The number of benzene rings is 2. The van der Waals surface area contributed by atoms with Crippen LogP contribution in [0.3, 0.4) is 0 Å². The van der Waals surface area contributed by atoms with Gasteiger partial charge in [-0.15, -0.1) is 0 Å². The SMILES string of the molecule is C/C(CC(=O)Nc1ccc(Cl)cc1Cl)=N\NC(=O)C(=O)Nc1cccc(C)c1. The maximum absolute atomic E-state index is 12.0. The first kappa shape index (κ1) is 21.4. The minimum absolute atomic E-state index is 0.0985. The van der Waals surface area contributed by atoms with E-state index in [-0.39, 0.29) is 12.3 Å². The summed E-state index contributed by atoms with van der Waals surface area (Å²) in [5.41, 5.74) is 4.27. The molecule has 0 aromatic heterocycles. The zero-order valence-corrected chi connectivity index (χ0v) is 16.7. The quantitative estimate of drug-likeness (QED) is 0.389. The highest BCUT2D eigenvalue weighted by Gasteiger charge is 2.14. The molecule has 0 heterocycles. The summed E-state index contributed by atoms with van der Waals surface area (Å²) in [4.78, 5) is 35.7. The second kappa shape index (κ2) is 9.87. The van der Waals surface area contributed by atoms with Crippen molar-refractivity contribution in [1.29, 1.82) is 0 Å². The van der Waals surface area contributed by atoms with Gasteiger partial charge < -0.3 is 10.6 Å². The smallest absolute Gasteiger partial charge is 0.324 e. The van der Waals surface area contributed by atoms with Crippen LogP contribution in [0, 0.1) is 6.92 Å². The third kappa shape index (κ3) is 6.68. The fraction of sp³-hybridized carbons (Fsp3) is 0.158. The molecule has 28 heavy (non-hydrogen) atoms. The summed E-state index contributed by atoms with van der Waals surface area (Å²) in [5, 5.41) is 9.60. The molecule has 7 nitrogen and oxygen atoms in total. The van der Waals surface area contributed by atoms with Crippen LogP contribution in [0.1, 0.15) is 18.9 Å². The predicted molar refractivity (Wildman–Crippen MR) is 111 cm³/mol. The highest BCUT2D eigenvalue weighted by atomic mass is 35.5. The number of amides is 3. The van der Waals surface area contributed by atoms with Gasteiger partial charge in [0.2, 0.25) is 5.91 Å². The van der Waals surface area contributed by atoms with E-state index in [0.29, 0.717) is 27.1 Å². The van der Waals surface area contributed by atoms with Crippen molar-refractivity contribution in [2.45, 2.75) is 20.3 Å². The molecule has 0 aliphatic heterocycles. The van der Waals surface area contributed by atoms with E-state index in [1.807, 2.05) is 13.0 Å². The van der Waals surface area contributed by atoms with Crippen LogP contribution in [0.4, 0.5) is 11.4 Å². The van der Waals surface area contributed by atoms with Crippen LogP contribution in [0.25, 0.3) is 0 Å². The molecule has 2 aromatic carbocycles. The van der Waals surface area contributed by atoms with Crippen LogP contribution in [-0.2, 0) is 14.4 Å². The molecule has 0 atom stereocenters. The molecule has 0 aliphatic carbocycles. The van der Waals surface area contributed by atoms with Crippen LogP contribution in [0.5, 0.6) is 0 Å². The molecule has 0 aliphatic rings. The molecule has 3 amide bonds. The van der Waals surface area contributed by atoms with Gasteiger partial charge in [0, 0.05) is 16.4 Å². The Bertz CT molecular complexity index is 945. The van der Waals surface area contributed by atoms with Crippen LogP contribution in [0.2, 0.25) is 10.0 Å². The minimum atomic E-state index is -0.943. The lowest BCUT2D eigenvalue weighted by Gasteiger charge is -2.08. The number of anilines is 2. The Labute approximate surface area is 172 Å². The zero-order valence-electron chi connectivity index (χ0n) is 15.2.